The van der Waals surface area contributed by atoms with Crippen molar-refractivity contribution in [2.45, 2.75) is 49.9 Å². The van der Waals surface area contributed by atoms with Gasteiger partial charge in [-0.25, -0.2) is 0 Å². The van der Waals surface area contributed by atoms with E-state index in [1.807, 2.05) is 0 Å². The number of hydrogen-bond donors (Lipinski definition) is 2. The van der Waals surface area contributed by atoms with Gasteiger partial charge in [0.05, 0.1) is 0 Å². The van der Waals surface area contributed by atoms with Gasteiger partial charge in [0.2, 0.25) is 0 Å². The van der Waals surface area contributed by atoms with Crippen LogP contribution in [-0.2, 0) is 0 Å². The first-order valence-corrected chi connectivity index (χ1v) is 6.24. The van der Waals surface area contributed by atoms with E-state index in [-0.39, 0.29) is 0 Å². The highest BCUT2D eigenvalue weighted by molar-refractivity contribution is 4.87. The van der Waals surface area contributed by atoms with Crippen molar-refractivity contribution in [2.75, 3.05) is 28.2 Å². The highest BCUT2D eigenvalue weighted by Crippen LogP contribution is 2.21. The standard InChI is InChI=1S/2C6H14N2/c2*1-8(2)6-3-5(7)4-6/h2*5-6H,3-4,7H2,1-2H3. The summed E-state index contributed by atoms with van der Waals surface area (Å²) >= 11 is 0. The molecule has 0 spiro atoms. The third kappa shape index (κ3) is 4.01. The van der Waals surface area contributed by atoms with Crippen LogP contribution in [0.15, 0.2) is 0 Å². The summed E-state index contributed by atoms with van der Waals surface area (Å²) in [6.07, 6.45) is 4.75. The second-order valence-corrected chi connectivity index (χ2v) is 5.70. The Balaban J connectivity index is 0.000000160. The molecule has 0 heterocycles. The first kappa shape index (κ1) is 13.9. The van der Waals surface area contributed by atoms with E-state index in [1.54, 1.807) is 0 Å². The lowest BCUT2D eigenvalue weighted by atomic mass is 9.87. The number of hydrogen-bond acceptors (Lipinski definition) is 4. The summed E-state index contributed by atoms with van der Waals surface area (Å²) in [7, 11) is 8.43. The van der Waals surface area contributed by atoms with E-state index in [2.05, 4.69) is 38.0 Å². The zero-order valence-electron chi connectivity index (χ0n) is 11.2. The fourth-order valence-electron chi connectivity index (χ4n) is 2.10. The SMILES string of the molecule is CN(C)C1CC(N)C1.CN(C)C1CC(N)C1. The largest absolute Gasteiger partial charge is 0.328 e. The predicted molar refractivity (Wildman–Crippen MR) is 69.4 cm³/mol. The lowest BCUT2D eigenvalue weighted by Crippen LogP contribution is -2.47. The number of rotatable bonds is 2. The van der Waals surface area contributed by atoms with E-state index in [0.29, 0.717) is 12.1 Å². The maximum absolute atomic E-state index is 5.58. The molecule has 0 atom stereocenters. The number of nitrogens with zero attached hydrogens (tertiary/aromatic N) is 2. The molecule has 2 fully saturated rings. The topological polar surface area (TPSA) is 58.5 Å². The Hall–Kier alpha value is -0.160. The van der Waals surface area contributed by atoms with Crippen molar-refractivity contribution < 1.29 is 0 Å². The molecule has 0 radical (unpaired) electrons. The molecule has 0 aromatic rings. The van der Waals surface area contributed by atoms with Crippen LogP contribution in [0.2, 0.25) is 0 Å². The molecule has 0 aliphatic heterocycles. The van der Waals surface area contributed by atoms with E-state index in [1.165, 1.54) is 25.7 Å². The molecule has 0 aromatic carbocycles. The van der Waals surface area contributed by atoms with E-state index in [4.69, 9.17) is 11.5 Å². The van der Waals surface area contributed by atoms with Gasteiger partial charge in [-0.2, -0.15) is 0 Å². The average molecular weight is 228 g/mol. The van der Waals surface area contributed by atoms with Gasteiger partial charge in [-0.1, -0.05) is 0 Å². The van der Waals surface area contributed by atoms with Crippen molar-refractivity contribution in [3.05, 3.63) is 0 Å². The van der Waals surface area contributed by atoms with Crippen LogP contribution in [0.4, 0.5) is 0 Å². The second kappa shape index (κ2) is 5.96. The van der Waals surface area contributed by atoms with Crippen molar-refractivity contribution in [3.63, 3.8) is 0 Å². The Morgan fingerprint density at radius 2 is 0.938 bits per heavy atom. The zero-order chi connectivity index (χ0) is 12.3. The highest BCUT2D eigenvalue weighted by Gasteiger charge is 2.27. The second-order valence-electron chi connectivity index (χ2n) is 5.70. The Labute approximate surface area is 99.9 Å². The average Bonchev–Trinajstić information content (AvgIpc) is 2.08. The van der Waals surface area contributed by atoms with E-state index in [9.17, 15) is 0 Å². The van der Waals surface area contributed by atoms with Gasteiger partial charge in [-0.15, -0.1) is 0 Å². The zero-order valence-corrected chi connectivity index (χ0v) is 11.2. The van der Waals surface area contributed by atoms with E-state index < -0.39 is 0 Å². The van der Waals surface area contributed by atoms with Crippen LogP contribution >= 0.6 is 0 Å². The minimum absolute atomic E-state index is 0.488. The lowest BCUT2D eigenvalue weighted by Gasteiger charge is -2.37. The molecule has 0 unspecified atom stereocenters. The normalized spacial score (nSPS) is 37.5. The van der Waals surface area contributed by atoms with Crippen LogP contribution in [0.3, 0.4) is 0 Å². The van der Waals surface area contributed by atoms with Crippen molar-refractivity contribution in [1.29, 1.82) is 0 Å². The summed E-state index contributed by atoms with van der Waals surface area (Å²) in [6, 6.07) is 2.51. The summed E-state index contributed by atoms with van der Waals surface area (Å²) in [4.78, 5) is 4.48. The first-order valence-electron chi connectivity index (χ1n) is 6.24. The van der Waals surface area contributed by atoms with Gasteiger partial charge in [0.15, 0.2) is 0 Å². The van der Waals surface area contributed by atoms with Crippen molar-refractivity contribution in [1.82, 2.24) is 9.80 Å². The molecular formula is C12H28N4. The lowest BCUT2D eigenvalue weighted by molar-refractivity contribution is 0.168. The molecule has 0 amide bonds. The van der Waals surface area contributed by atoms with Crippen LogP contribution in [0.5, 0.6) is 0 Å². The van der Waals surface area contributed by atoms with Gasteiger partial charge in [0.1, 0.15) is 0 Å². The molecule has 4 N–H and O–H groups in total. The molecule has 2 aliphatic carbocycles. The summed E-state index contributed by atoms with van der Waals surface area (Å²) in [6.45, 7) is 0. The molecule has 0 saturated heterocycles. The summed E-state index contributed by atoms with van der Waals surface area (Å²) in [5, 5.41) is 0. The Morgan fingerprint density at radius 3 is 1.00 bits per heavy atom. The minimum Gasteiger partial charge on any atom is -0.328 e. The van der Waals surface area contributed by atoms with Gasteiger partial charge in [0.25, 0.3) is 0 Å². The fraction of sp³-hybridized carbons (Fsp3) is 1.00. The van der Waals surface area contributed by atoms with E-state index in [0.717, 1.165) is 12.1 Å². The van der Waals surface area contributed by atoms with Crippen LogP contribution in [-0.4, -0.2) is 62.2 Å². The summed E-state index contributed by atoms with van der Waals surface area (Å²) in [5.74, 6) is 0. The van der Waals surface area contributed by atoms with Gasteiger partial charge >= 0.3 is 0 Å². The molecule has 4 heteroatoms. The predicted octanol–water partition coefficient (Wildman–Crippen LogP) is 0.0754. The summed E-state index contributed by atoms with van der Waals surface area (Å²) in [5.41, 5.74) is 11.2. The van der Waals surface area contributed by atoms with Gasteiger partial charge in [0, 0.05) is 24.2 Å². The smallest absolute Gasteiger partial charge is 0.0119 e. The monoisotopic (exact) mass is 228 g/mol. The highest BCUT2D eigenvalue weighted by atomic mass is 15.1. The van der Waals surface area contributed by atoms with Crippen molar-refractivity contribution in [2.24, 2.45) is 11.5 Å². The molecule has 4 nitrogen and oxygen atoms in total. The third-order valence-corrected chi connectivity index (χ3v) is 3.76. The quantitative estimate of drug-likeness (QED) is 0.702. The van der Waals surface area contributed by atoms with Crippen molar-refractivity contribution >= 4 is 0 Å². The molecule has 2 rings (SSSR count). The Kier molecular flexibility index (Phi) is 5.18. The minimum atomic E-state index is 0.488. The molecular weight excluding hydrogens is 200 g/mol. The fourth-order valence-corrected chi connectivity index (χ4v) is 2.10. The van der Waals surface area contributed by atoms with Crippen molar-refractivity contribution in [3.8, 4) is 0 Å². The molecule has 2 saturated carbocycles. The molecule has 96 valence electrons. The summed E-state index contributed by atoms with van der Waals surface area (Å²) < 4.78 is 0. The molecule has 2 aliphatic rings. The van der Waals surface area contributed by atoms with Crippen LogP contribution in [0.25, 0.3) is 0 Å². The third-order valence-electron chi connectivity index (χ3n) is 3.76. The van der Waals surface area contributed by atoms with E-state index >= 15 is 0 Å². The Bertz CT molecular complexity index is 171. The maximum Gasteiger partial charge on any atom is 0.0119 e. The molecule has 0 bridgehead atoms. The van der Waals surface area contributed by atoms with Gasteiger partial charge in [-0.05, 0) is 53.9 Å². The maximum atomic E-state index is 5.58. The van der Waals surface area contributed by atoms with Gasteiger partial charge in [-0.3, -0.25) is 0 Å². The van der Waals surface area contributed by atoms with Crippen LogP contribution in [0, 0.1) is 0 Å². The molecule has 16 heavy (non-hydrogen) atoms. The Morgan fingerprint density at radius 1 is 0.688 bits per heavy atom. The van der Waals surface area contributed by atoms with Crippen LogP contribution < -0.4 is 11.5 Å². The number of nitrogens with two attached hydrogens (primary N) is 2. The van der Waals surface area contributed by atoms with Gasteiger partial charge < -0.3 is 21.3 Å². The first-order chi connectivity index (χ1) is 7.40. The van der Waals surface area contributed by atoms with Crippen LogP contribution in [0.1, 0.15) is 25.7 Å². The molecule has 0 aromatic heterocycles.